The molecule has 2 fully saturated rings. The van der Waals surface area contributed by atoms with Crippen LogP contribution in [0, 0.1) is 12.1 Å². The number of pyridine rings is 1. The molecule has 1 aliphatic heterocycles. The minimum Gasteiger partial charge on any atom is -0.371 e. The van der Waals surface area contributed by atoms with Crippen molar-refractivity contribution in [3.8, 4) is 0 Å². The number of fused-ring (bicyclic) bond motifs is 1. The number of hydrogen-bond acceptors (Lipinski definition) is 5. The molecule has 5 nitrogen and oxygen atoms in total. The summed E-state index contributed by atoms with van der Waals surface area (Å²) in [6, 6.07) is 12.8. The maximum atomic E-state index is 6.09. The zero-order chi connectivity index (χ0) is 18.9. The van der Waals surface area contributed by atoms with E-state index < -0.39 is 5.72 Å². The lowest BCUT2D eigenvalue weighted by Crippen LogP contribution is -2.62. The number of aromatic nitrogens is 1. The first kappa shape index (κ1) is 18.6. The number of nitrogens with zero attached hydrogens (tertiary/aromatic N) is 2. The van der Waals surface area contributed by atoms with Gasteiger partial charge in [-0.1, -0.05) is 19.1 Å². The van der Waals surface area contributed by atoms with E-state index in [4.69, 9.17) is 14.5 Å². The molecule has 2 aromatic rings. The third-order valence-electron chi connectivity index (χ3n) is 5.94. The molecule has 4 rings (SSSR count). The van der Waals surface area contributed by atoms with Crippen molar-refractivity contribution in [2.45, 2.75) is 57.5 Å². The number of aryl methyl sites for hydroxylation is 1. The molecule has 1 unspecified atom stereocenters. The van der Waals surface area contributed by atoms with Crippen LogP contribution >= 0.6 is 0 Å². The first-order valence-electron chi connectivity index (χ1n) is 10.00. The number of rotatable bonds is 7. The van der Waals surface area contributed by atoms with Gasteiger partial charge in [-0.2, -0.15) is 0 Å². The summed E-state index contributed by atoms with van der Waals surface area (Å²) in [7, 11) is 1.80. The van der Waals surface area contributed by atoms with Gasteiger partial charge in [0, 0.05) is 44.2 Å². The Morgan fingerprint density at radius 1 is 1.37 bits per heavy atom. The Kier molecular flexibility index (Phi) is 5.34. The number of methoxy groups -OCH3 is 1. The fourth-order valence-corrected chi connectivity index (χ4v) is 4.12. The van der Waals surface area contributed by atoms with Crippen molar-refractivity contribution in [1.29, 1.82) is 0 Å². The zero-order valence-corrected chi connectivity index (χ0v) is 16.5. The van der Waals surface area contributed by atoms with Crippen LogP contribution < -0.4 is 5.32 Å². The lowest BCUT2D eigenvalue weighted by Gasteiger charge is -2.46. The highest BCUT2D eigenvalue weighted by Crippen LogP contribution is 2.37. The highest BCUT2D eigenvalue weighted by molar-refractivity contribution is 5.81. The molecule has 2 atom stereocenters. The van der Waals surface area contributed by atoms with E-state index in [-0.39, 0.29) is 6.10 Å². The molecule has 0 spiro atoms. The Hall–Kier alpha value is -1.71. The van der Waals surface area contributed by atoms with Crippen LogP contribution in [0.3, 0.4) is 0 Å². The van der Waals surface area contributed by atoms with Crippen LogP contribution in [0.2, 0.25) is 0 Å². The highest BCUT2D eigenvalue weighted by atomic mass is 16.6. The Balaban J connectivity index is 1.66. The second-order valence-electron chi connectivity index (χ2n) is 7.68. The van der Waals surface area contributed by atoms with E-state index in [1.807, 2.05) is 12.1 Å². The molecule has 1 aliphatic carbocycles. The number of nitrogens with one attached hydrogen (secondary N) is 1. The van der Waals surface area contributed by atoms with Crippen LogP contribution in [0.5, 0.6) is 0 Å². The van der Waals surface area contributed by atoms with Crippen LogP contribution in [0.25, 0.3) is 10.9 Å². The quantitative estimate of drug-likeness (QED) is 0.763. The van der Waals surface area contributed by atoms with Crippen molar-refractivity contribution in [2.75, 3.05) is 26.8 Å². The van der Waals surface area contributed by atoms with Gasteiger partial charge < -0.3 is 14.8 Å². The van der Waals surface area contributed by atoms with Gasteiger partial charge in [-0.15, -0.1) is 0 Å². The summed E-state index contributed by atoms with van der Waals surface area (Å²) in [5, 5.41) is 4.61. The summed E-state index contributed by atoms with van der Waals surface area (Å²) >= 11 is 0. The molecular weight excluding hydrogens is 338 g/mol. The predicted molar refractivity (Wildman–Crippen MR) is 105 cm³/mol. The lowest BCUT2D eigenvalue weighted by atomic mass is 10.0. The molecule has 144 valence electrons. The molecule has 1 saturated carbocycles. The van der Waals surface area contributed by atoms with Crippen LogP contribution in [-0.4, -0.2) is 54.6 Å². The Morgan fingerprint density at radius 3 is 2.85 bits per heavy atom. The van der Waals surface area contributed by atoms with E-state index in [1.54, 1.807) is 7.11 Å². The monoisotopic (exact) mass is 367 g/mol. The third kappa shape index (κ3) is 3.68. The summed E-state index contributed by atoms with van der Waals surface area (Å²) in [4.78, 5) is 7.38. The molecule has 1 aromatic carbocycles. The average Bonchev–Trinajstić information content (AvgIpc) is 3.56. The van der Waals surface area contributed by atoms with E-state index in [2.05, 4.69) is 42.3 Å². The van der Waals surface area contributed by atoms with Crippen LogP contribution in [-0.2, 0) is 22.4 Å². The van der Waals surface area contributed by atoms with Crippen LogP contribution in [0.15, 0.2) is 18.2 Å². The molecule has 2 heterocycles. The van der Waals surface area contributed by atoms with Crippen molar-refractivity contribution < 1.29 is 9.47 Å². The van der Waals surface area contributed by atoms with E-state index in [9.17, 15) is 0 Å². The van der Waals surface area contributed by atoms with Gasteiger partial charge in [0.1, 0.15) is 11.8 Å². The minimum atomic E-state index is -0.478. The fraction of sp³-hybridized carbons (Fsp3) is 0.591. The molecule has 0 bridgehead atoms. The second-order valence-corrected chi connectivity index (χ2v) is 7.68. The molecule has 1 N–H and O–H groups in total. The lowest BCUT2D eigenvalue weighted by molar-refractivity contribution is -0.214. The molecule has 1 aromatic heterocycles. The smallest absolute Gasteiger partial charge is 0.146 e. The van der Waals surface area contributed by atoms with Gasteiger partial charge >= 0.3 is 0 Å². The largest absolute Gasteiger partial charge is 0.371 e. The number of morpholine rings is 1. The Morgan fingerprint density at radius 2 is 2.19 bits per heavy atom. The topological polar surface area (TPSA) is 46.6 Å². The Bertz CT molecular complexity index is 786. The van der Waals surface area contributed by atoms with Crippen molar-refractivity contribution in [1.82, 2.24) is 15.2 Å². The fourth-order valence-electron chi connectivity index (χ4n) is 4.12. The first-order valence-corrected chi connectivity index (χ1v) is 10.00. The van der Waals surface area contributed by atoms with Gasteiger partial charge in [-0.25, -0.2) is 0 Å². The molecular formula is C22H29N3O2. The maximum Gasteiger partial charge on any atom is 0.146 e. The van der Waals surface area contributed by atoms with E-state index in [1.165, 1.54) is 23.8 Å². The molecule has 27 heavy (non-hydrogen) atoms. The summed E-state index contributed by atoms with van der Waals surface area (Å²) in [6.07, 6.45) is 3.39. The van der Waals surface area contributed by atoms with E-state index in [0.717, 1.165) is 43.9 Å². The standard InChI is InChI=1S/C22H29N3O2/c1-4-16-13-17(24-20-8-6-5-7-19(16)20)15-25(18-9-10-18)22(2,26-3)21-14-23-11-12-27-21/h7-8,13,18,21,23H,4,9-12,14-15H2,1-3H3/t21-,22?/m1/s1. The summed E-state index contributed by atoms with van der Waals surface area (Å²) in [5.74, 6) is 0. The predicted octanol–water partition coefficient (Wildman–Crippen LogP) is 2.71. The minimum absolute atomic E-state index is 0.00545. The van der Waals surface area contributed by atoms with E-state index in [0.29, 0.717) is 6.04 Å². The maximum absolute atomic E-state index is 6.09. The van der Waals surface area contributed by atoms with Crippen molar-refractivity contribution >= 4 is 10.9 Å². The summed E-state index contributed by atoms with van der Waals surface area (Å²) in [6.45, 7) is 7.55. The summed E-state index contributed by atoms with van der Waals surface area (Å²) in [5.41, 5.74) is 2.91. The van der Waals surface area contributed by atoms with Gasteiger partial charge in [-0.3, -0.25) is 9.88 Å². The number of ether oxygens (including phenoxy) is 2. The van der Waals surface area contributed by atoms with Crippen LogP contribution in [0.1, 0.15) is 37.9 Å². The van der Waals surface area contributed by atoms with Gasteiger partial charge in [0.15, 0.2) is 0 Å². The number of hydrogen-bond donors (Lipinski definition) is 1. The first-order chi connectivity index (χ1) is 13.2. The Labute approximate surface area is 162 Å². The van der Waals surface area contributed by atoms with Gasteiger partial charge in [0.25, 0.3) is 0 Å². The molecule has 2 aliphatic rings. The normalized spacial score (nSPS) is 22.6. The van der Waals surface area contributed by atoms with Crippen molar-refractivity contribution in [3.05, 3.63) is 41.6 Å². The van der Waals surface area contributed by atoms with Crippen molar-refractivity contribution in [3.63, 3.8) is 0 Å². The van der Waals surface area contributed by atoms with Gasteiger partial charge in [-0.05, 0) is 43.9 Å². The average molecular weight is 367 g/mol. The van der Waals surface area contributed by atoms with E-state index >= 15 is 0 Å². The molecule has 1 saturated heterocycles. The van der Waals surface area contributed by atoms with Gasteiger partial charge in [0.2, 0.25) is 0 Å². The summed E-state index contributed by atoms with van der Waals surface area (Å²) < 4.78 is 12.2. The highest BCUT2D eigenvalue weighted by Gasteiger charge is 2.47. The van der Waals surface area contributed by atoms with Gasteiger partial charge in [0.05, 0.1) is 17.8 Å². The molecule has 0 amide bonds. The SMILES string of the molecule is CCc1cc(CN(C2CC2)C(C)(OC)[C@H]2CNCCO2)nc2cc#ccc12. The third-order valence-corrected chi connectivity index (χ3v) is 5.94. The second kappa shape index (κ2) is 7.73. The van der Waals surface area contributed by atoms with Crippen molar-refractivity contribution in [2.24, 2.45) is 0 Å². The van der Waals surface area contributed by atoms with Crippen LogP contribution in [0.4, 0.5) is 0 Å². The molecule has 5 heteroatoms. The zero-order valence-electron chi connectivity index (χ0n) is 16.5. The molecule has 0 radical (unpaired) electrons.